The number of hydrogen-bond acceptors (Lipinski definition) is 4. The third-order valence-electron chi connectivity index (χ3n) is 5.57. The fourth-order valence-electron chi connectivity index (χ4n) is 3.63. The predicted octanol–water partition coefficient (Wildman–Crippen LogP) is 8.93. The number of ether oxygens (including phenoxy) is 1. The van der Waals surface area contributed by atoms with Crippen LogP contribution in [0.2, 0.25) is 0 Å². The van der Waals surface area contributed by atoms with Gasteiger partial charge in [0.1, 0.15) is 12.0 Å². The van der Waals surface area contributed by atoms with Crippen molar-refractivity contribution in [3.63, 3.8) is 0 Å². The number of carbonyl (C=O) groups is 1. The molecule has 2 N–H and O–H groups in total. The first-order valence-electron chi connectivity index (χ1n) is 14.0. The van der Waals surface area contributed by atoms with Gasteiger partial charge in [0.05, 0.1) is 7.11 Å². The van der Waals surface area contributed by atoms with Crippen molar-refractivity contribution >= 4 is 11.9 Å². The highest BCUT2D eigenvalue weighted by Gasteiger charge is 2.07. The van der Waals surface area contributed by atoms with E-state index in [2.05, 4.69) is 61.0 Å². The molecule has 2 aromatic rings. The summed E-state index contributed by atoms with van der Waals surface area (Å²) in [5, 5.41) is 6.84. The summed E-state index contributed by atoms with van der Waals surface area (Å²) < 4.78 is 5.30. The highest BCUT2D eigenvalue weighted by molar-refractivity contribution is 5.75. The summed E-state index contributed by atoms with van der Waals surface area (Å²) in [7, 11) is 1.68. The Bertz CT molecular complexity index is 1120. The van der Waals surface area contributed by atoms with Gasteiger partial charge >= 0.3 is 0 Å². The normalized spacial score (nSPS) is 11.3. The molecular formula is C35H50N2O2. The van der Waals surface area contributed by atoms with Crippen LogP contribution in [0.25, 0.3) is 5.57 Å². The zero-order valence-corrected chi connectivity index (χ0v) is 25.5. The van der Waals surface area contributed by atoms with Gasteiger partial charge < -0.3 is 15.4 Å². The zero-order chi connectivity index (χ0) is 29.6. The SMILES string of the molecule is C=C(N/C(CCC)=C(\C)C=O)C(/C=C\C)=C/C(=C)c1cccc(CNCc2cccc(OC)c2)c1.CC.CC. The van der Waals surface area contributed by atoms with Crippen LogP contribution in [0.4, 0.5) is 0 Å². The molecule has 0 atom stereocenters. The highest BCUT2D eigenvalue weighted by Crippen LogP contribution is 2.21. The maximum absolute atomic E-state index is 11.3. The van der Waals surface area contributed by atoms with E-state index in [1.165, 1.54) is 11.1 Å². The lowest BCUT2D eigenvalue weighted by atomic mass is 10.0. The number of aldehydes is 1. The van der Waals surface area contributed by atoms with Gasteiger partial charge in [-0.1, -0.05) is 96.7 Å². The van der Waals surface area contributed by atoms with Gasteiger partial charge in [-0.3, -0.25) is 4.79 Å². The van der Waals surface area contributed by atoms with Gasteiger partial charge in [-0.05, 0) is 72.4 Å². The summed E-state index contributed by atoms with van der Waals surface area (Å²) in [6, 6.07) is 16.4. The second-order valence-corrected chi connectivity index (χ2v) is 8.41. The molecule has 0 saturated heterocycles. The predicted molar refractivity (Wildman–Crippen MR) is 171 cm³/mol. The fourth-order valence-corrected chi connectivity index (χ4v) is 3.63. The quantitative estimate of drug-likeness (QED) is 0.145. The molecule has 0 spiro atoms. The number of hydrogen-bond donors (Lipinski definition) is 2. The summed E-state index contributed by atoms with van der Waals surface area (Å²) in [6.45, 7) is 23.9. The molecule has 0 heterocycles. The van der Waals surface area contributed by atoms with E-state index in [9.17, 15) is 4.79 Å². The Morgan fingerprint density at radius 3 is 2.15 bits per heavy atom. The Labute approximate surface area is 238 Å². The first-order chi connectivity index (χ1) is 18.9. The second kappa shape index (κ2) is 21.3. The van der Waals surface area contributed by atoms with Crippen molar-refractivity contribution in [2.75, 3.05) is 7.11 Å². The topological polar surface area (TPSA) is 50.4 Å². The van der Waals surface area contributed by atoms with Crippen LogP contribution in [0.15, 0.2) is 102 Å². The molecule has 0 saturated carbocycles. The van der Waals surface area contributed by atoms with Crippen LogP contribution in [0.3, 0.4) is 0 Å². The van der Waals surface area contributed by atoms with Crippen LogP contribution < -0.4 is 15.4 Å². The summed E-state index contributed by atoms with van der Waals surface area (Å²) in [6.07, 6.45) is 8.61. The van der Waals surface area contributed by atoms with E-state index in [1.54, 1.807) is 7.11 Å². The van der Waals surface area contributed by atoms with Gasteiger partial charge in [0.15, 0.2) is 0 Å². The average Bonchev–Trinajstić information content (AvgIpc) is 2.98. The number of nitrogens with one attached hydrogen (secondary N) is 2. The van der Waals surface area contributed by atoms with E-state index in [0.29, 0.717) is 5.57 Å². The molecule has 0 aliphatic rings. The van der Waals surface area contributed by atoms with Crippen molar-refractivity contribution in [1.82, 2.24) is 10.6 Å². The van der Waals surface area contributed by atoms with Crippen LogP contribution >= 0.6 is 0 Å². The van der Waals surface area contributed by atoms with Gasteiger partial charge in [-0.15, -0.1) is 0 Å². The van der Waals surface area contributed by atoms with Gasteiger partial charge in [-0.25, -0.2) is 0 Å². The lowest BCUT2D eigenvalue weighted by Crippen LogP contribution is -2.15. The molecule has 0 unspecified atom stereocenters. The van der Waals surface area contributed by atoms with Crippen LogP contribution in [0.1, 0.15) is 78.0 Å². The van der Waals surface area contributed by atoms with E-state index in [0.717, 1.165) is 66.1 Å². The fraction of sp³-hybridized carbons (Fsp3) is 0.343. The van der Waals surface area contributed by atoms with E-state index >= 15 is 0 Å². The lowest BCUT2D eigenvalue weighted by Gasteiger charge is -2.16. The average molecular weight is 531 g/mol. The Morgan fingerprint density at radius 1 is 0.974 bits per heavy atom. The van der Waals surface area contributed by atoms with E-state index < -0.39 is 0 Å². The van der Waals surface area contributed by atoms with Gasteiger partial charge in [0.2, 0.25) is 0 Å². The first kappa shape index (κ1) is 35.4. The number of allylic oxidation sites excluding steroid dienone is 6. The van der Waals surface area contributed by atoms with E-state index in [4.69, 9.17) is 4.74 Å². The first-order valence-corrected chi connectivity index (χ1v) is 14.0. The molecule has 0 amide bonds. The van der Waals surface area contributed by atoms with Gasteiger partial charge in [0.25, 0.3) is 0 Å². The maximum Gasteiger partial charge on any atom is 0.147 e. The molecule has 4 nitrogen and oxygen atoms in total. The van der Waals surface area contributed by atoms with Crippen molar-refractivity contribution < 1.29 is 9.53 Å². The second-order valence-electron chi connectivity index (χ2n) is 8.41. The molecule has 0 aromatic heterocycles. The zero-order valence-electron chi connectivity index (χ0n) is 25.5. The Morgan fingerprint density at radius 2 is 1.59 bits per heavy atom. The molecule has 39 heavy (non-hydrogen) atoms. The Kier molecular flexibility index (Phi) is 19.3. The summed E-state index contributed by atoms with van der Waals surface area (Å²) in [5.41, 5.74) is 7.56. The molecule has 0 bridgehead atoms. The van der Waals surface area contributed by atoms with Crippen molar-refractivity contribution in [3.8, 4) is 5.75 Å². The molecule has 0 radical (unpaired) electrons. The van der Waals surface area contributed by atoms with E-state index in [-0.39, 0.29) is 0 Å². The number of rotatable bonds is 14. The van der Waals surface area contributed by atoms with Crippen molar-refractivity contribution in [2.45, 2.75) is 74.4 Å². The molecule has 2 aromatic carbocycles. The van der Waals surface area contributed by atoms with Crippen LogP contribution in [-0.2, 0) is 17.9 Å². The minimum Gasteiger partial charge on any atom is -0.497 e. The smallest absolute Gasteiger partial charge is 0.147 e. The molecule has 212 valence electrons. The largest absolute Gasteiger partial charge is 0.497 e. The Hall–Kier alpha value is -3.63. The highest BCUT2D eigenvalue weighted by atomic mass is 16.5. The number of benzene rings is 2. The molecule has 0 aliphatic heterocycles. The monoisotopic (exact) mass is 530 g/mol. The minimum absolute atomic E-state index is 0.695. The lowest BCUT2D eigenvalue weighted by molar-refractivity contribution is -0.104. The molecule has 0 fully saturated rings. The van der Waals surface area contributed by atoms with Crippen LogP contribution in [-0.4, -0.2) is 13.4 Å². The number of methoxy groups -OCH3 is 1. The summed E-state index contributed by atoms with van der Waals surface area (Å²) >= 11 is 0. The van der Waals surface area contributed by atoms with Gasteiger partial charge in [0, 0.05) is 30.1 Å². The van der Waals surface area contributed by atoms with Crippen LogP contribution in [0, 0.1) is 0 Å². The maximum atomic E-state index is 11.3. The van der Waals surface area contributed by atoms with E-state index in [1.807, 2.05) is 78.0 Å². The standard InChI is InChI=1S/C31H38N2O2.2C2H6/c1-7-11-29(25(5)33-31(12-8-2)24(4)22-34)17-23(3)28-15-9-13-26(18-28)20-32-21-27-14-10-16-30(19-27)35-6;2*1-2/h7,9-11,13-19,22,32-33H,3,5,8,12,20-21H2,1-2,4,6H3;2*1-2H3/b11-7-,29-17+,31-24+;;. The number of carbonyl (C=O) groups excluding carboxylic acids is 1. The van der Waals surface area contributed by atoms with Crippen molar-refractivity contribution in [3.05, 3.63) is 119 Å². The summed E-state index contributed by atoms with van der Waals surface area (Å²) in [5.74, 6) is 0.862. The van der Waals surface area contributed by atoms with Crippen molar-refractivity contribution in [1.29, 1.82) is 0 Å². The van der Waals surface area contributed by atoms with Crippen LogP contribution in [0.5, 0.6) is 5.75 Å². The third kappa shape index (κ3) is 13.1. The minimum atomic E-state index is 0.695. The molecule has 0 aliphatic carbocycles. The molecule has 2 rings (SSSR count). The van der Waals surface area contributed by atoms with Crippen molar-refractivity contribution in [2.24, 2.45) is 0 Å². The Balaban J connectivity index is 0.00000344. The molecular weight excluding hydrogens is 480 g/mol. The third-order valence-corrected chi connectivity index (χ3v) is 5.57. The van der Waals surface area contributed by atoms with Gasteiger partial charge in [-0.2, -0.15) is 0 Å². The molecule has 4 heteroatoms. The summed E-state index contributed by atoms with van der Waals surface area (Å²) in [4.78, 5) is 11.3.